The van der Waals surface area contributed by atoms with Crippen LogP contribution in [0.15, 0.2) is 36.7 Å². The summed E-state index contributed by atoms with van der Waals surface area (Å²) in [6.45, 7) is 0. The Kier molecular flexibility index (Phi) is 2.68. The van der Waals surface area contributed by atoms with Crippen molar-refractivity contribution in [1.29, 1.82) is 0 Å². The van der Waals surface area contributed by atoms with Gasteiger partial charge in [0.05, 0.1) is 0 Å². The second-order valence-corrected chi connectivity index (χ2v) is 3.32. The minimum atomic E-state index is -0.367. The third-order valence-electron chi connectivity index (χ3n) is 2.15. The summed E-state index contributed by atoms with van der Waals surface area (Å²) >= 11 is 0. The Balaban J connectivity index is 2.15. The summed E-state index contributed by atoms with van der Waals surface area (Å²) < 4.78 is 14.3. The van der Waals surface area contributed by atoms with Gasteiger partial charge in [-0.1, -0.05) is 0 Å². The Morgan fingerprint density at radius 2 is 2.06 bits per heavy atom. The van der Waals surface area contributed by atoms with E-state index in [-0.39, 0.29) is 11.7 Å². The van der Waals surface area contributed by atoms with Crippen LogP contribution in [0.2, 0.25) is 0 Å². The van der Waals surface area contributed by atoms with Crippen molar-refractivity contribution in [3.05, 3.63) is 48.0 Å². The zero-order chi connectivity index (χ0) is 11.5. The van der Waals surface area contributed by atoms with Gasteiger partial charge < -0.3 is 4.57 Å². The van der Waals surface area contributed by atoms with Crippen LogP contribution in [0.4, 0.5) is 10.3 Å². The van der Waals surface area contributed by atoms with E-state index in [9.17, 15) is 9.18 Å². The van der Waals surface area contributed by atoms with Crippen LogP contribution in [0.3, 0.4) is 0 Å². The lowest BCUT2D eigenvalue weighted by molar-refractivity contribution is 0.102. The topological polar surface area (TPSA) is 46.9 Å². The summed E-state index contributed by atoms with van der Waals surface area (Å²) in [4.78, 5) is 15.6. The smallest absolute Gasteiger partial charge is 0.257 e. The summed E-state index contributed by atoms with van der Waals surface area (Å²) in [5.74, 6) is -0.225. The van der Waals surface area contributed by atoms with Crippen LogP contribution in [-0.4, -0.2) is 15.5 Å². The Morgan fingerprint density at radius 1 is 1.38 bits per heavy atom. The van der Waals surface area contributed by atoms with Crippen LogP contribution in [0.5, 0.6) is 0 Å². The van der Waals surface area contributed by atoms with Crippen LogP contribution in [0.25, 0.3) is 0 Å². The molecule has 1 amide bonds. The van der Waals surface area contributed by atoms with Gasteiger partial charge in [-0.3, -0.25) is 10.1 Å². The van der Waals surface area contributed by atoms with Crippen LogP contribution in [-0.2, 0) is 7.05 Å². The van der Waals surface area contributed by atoms with Gasteiger partial charge >= 0.3 is 0 Å². The zero-order valence-corrected chi connectivity index (χ0v) is 8.64. The highest BCUT2D eigenvalue weighted by molar-refractivity contribution is 6.03. The van der Waals surface area contributed by atoms with Gasteiger partial charge in [0.1, 0.15) is 5.82 Å². The maximum Gasteiger partial charge on any atom is 0.257 e. The first-order valence-corrected chi connectivity index (χ1v) is 4.71. The molecule has 0 radical (unpaired) electrons. The van der Waals surface area contributed by atoms with E-state index in [1.54, 1.807) is 24.0 Å². The average Bonchev–Trinajstić information content (AvgIpc) is 2.65. The molecule has 0 aliphatic rings. The molecular formula is C11H10FN3O. The first kappa shape index (κ1) is 10.4. The molecular weight excluding hydrogens is 209 g/mol. The van der Waals surface area contributed by atoms with Crippen LogP contribution in [0.1, 0.15) is 10.4 Å². The number of hydrogen-bond donors (Lipinski definition) is 1. The molecule has 4 nitrogen and oxygen atoms in total. The minimum Gasteiger partial charge on any atom is -0.320 e. The van der Waals surface area contributed by atoms with Crippen molar-refractivity contribution in [2.45, 2.75) is 0 Å². The number of carbonyl (C=O) groups is 1. The van der Waals surface area contributed by atoms with E-state index < -0.39 is 0 Å². The van der Waals surface area contributed by atoms with Gasteiger partial charge in [0.2, 0.25) is 5.95 Å². The molecule has 0 saturated heterocycles. The second kappa shape index (κ2) is 4.14. The molecule has 0 atom stereocenters. The maximum absolute atomic E-state index is 12.6. The molecule has 0 bridgehead atoms. The third kappa shape index (κ3) is 2.08. The molecule has 1 heterocycles. The standard InChI is InChI=1S/C11H10FN3O/c1-15-7-6-13-11(15)14-10(16)8-2-4-9(12)5-3-8/h2-7H,1H3,(H,13,14,16). The molecule has 1 aromatic heterocycles. The number of benzene rings is 1. The van der Waals surface area contributed by atoms with Crippen LogP contribution >= 0.6 is 0 Å². The predicted octanol–water partition coefficient (Wildman–Crippen LogP) is 1.81. The van der Waals surface area contributed by atoms with Crippen molar-refractivity contribution in [1.82, 2.24) is 9.55 Å². The van der Waals surface area contributed by atoms with E-state index in [0.29, 0.717) is 11.5 Å². The molecule has 5 heteroatoms. The number of rotatable bonds is 2. The van der Waals surface area contributed by atoms with Crippen molar-refractivity contribution in [2.24, 2.45) is 7.05 Å². The van der Waals surface area contributed by atoms with Crippen molar-refractivity contribution in [3.63, 3.8) is 0 Å². The number of aromatic nitrogens is 2. The normalized spacial score (nSPS) is 10.1. The molecule has 0 fully saturated rings. The fourth-order valence-electron chi connectivity index (χ4n) is 1.26. The summed E-state index contributed by atoms with van der Waals surface area (Å²) in [6.07, 6.45) is 3.31. The largest absolute Gasteiger partial charge is 0.320 e. The first-order chi connectivity index (χ1) is 7.66. The molecule has 0 unspecified atom stereocenters. The molecule has 1 aromatic carbocycles. The summed E-state index contributed by atoms with van der Waals surface area (Å²) in [5, 5.41) is 2.62. The quantitative estimate of drug-likeness (QED) is 0.837. The Labute approximate surface area is 91.7 Å². The van der Waals surface area contributed by atoms with Crippen LogP contribution < -0.4 is 5.32 Å². The lowest BCUT2D eigenvalue weighted by Crippen LogP contribution is -2.14. The average molecular weight is 219 g/mol. The van der Waals surface area contributed by atoms with Gasteiger partial charge in [-0.15, -0.1) is 0 Å². The number of aryl methyl sites for hydroxylation is 1. The third-order valence-corrected chi connectivity index (χ3v) is 2.15. The molecule has 0 aliphatic heterocycles. The fraction of sp³-hybridized carbons (Fsp3) is 0.0909. The van der Waals surface area contributed by atoms with Gasteiger partial charge in [-0.25, -0.2) is 9.37 Å². The second-order valence-electron chi connectivity index (χ2n) is 3.32. The van der Waals surface area contributed by atoms with E-state index in [1.165, 1.54) is 24.3 Å². The van der Waals surface area contributed by atoms with Gasteiger partial charge in [0.15, 0.2) is 0 Å². The molecule has 0 saturated carbocycles. The van der Waals surface area contributed by atoms with Gasteiger partial charge in [-0.05, 0) is 24.3 Å². The lowest BCUT2D eigenvalue weighted by atomic mass is 10.2. The van der Waals surface area contributed by atoms with Crippen LogP contribution in [0, 0.1) is 5.82 Å². The fourth-order valence-corrected chi connectivity index (χ4v) is 1.26. The number of hydrogen-bond acceptors (Lipinski definition) is 2. The van der Waals surface area contributed by atoms with E-state index in [2.05, 4.69) is 10.3 Å². The summed E-state index contributed by atoms with van der Waals surface area (Å²) in [7, 11) is 1.77. The molecule has 1 N–H and O–H groups in total. The molecule has 16 heavy (non-hydrogen) atoms. The Bertz CT molecular complexity index is 504. The number of amides is 1. The first-order valence-electron chi connectivity index (χ1n) is 4.71. The monoisotopic (exact) mass is 219 g/mol. The molecule has 2 rings (SSSR count). The minimum absolute atomic E-state index is 0.311. The highest BCUT2D eigenvalue weighted by Crippen LogP contribution is 2.07. The lowest BCUT2D eigenvalue weighted by Gasteiger charge is -2.04. The number of nitrogens with one attached hydrogen (secondary N) is 1. The molecule has 0 spiro atoms. The summed E-state index contributed by atoms with van der Waals surface area (Å²) in [6, 6.07) is 5.34. The van der Waals surface area contributed by atoms with Crippen molar-refractivity contribution >= 4 is 11.9 Å². The van der Waals surface area contributed by atoms with E-state index in [4.69, 9.17) is 0 Å². The number of imidazole rings is 1. The number of halogens is 1. The highest BCUT2D eigenvalue weighted by Gasteiger charge is 2.08. The number of anilines is 1. The van der Waals surface area contributed by atoms with E-state index in [1.807, 2.05) is 0 Å². The Hall–Kier alpha value is -2.17. The van der Waals surface area contributed by atoms with Crippen molar-refractivity contribution < 1.29 is 9.18 Å². The highest BCUT2D eigenvalue weighted by atomic mass is 19.1. The van der Waals surface area contributed by atoms with Gasteiger partial charge in [0, 0.05) is 25.0 Å². The SMILES string of the molecule is Cn1ccnc1NC(=O)c1ccc(F)cc1. The maximum atomic E-state index is 12.6. The van der Waals surface area contributed by atoms with E-state index in [0.717, 1.165) is 0 Å². The number of nitrogens with zero attached hydrogens (tertiary/aromatic N) is 2. The van der Waals surface area contributed by atoms with Crippen molar-refractivity contribution in [3.8, 4) is 0 Å². The predicted molar refractivity (Wildman–Crippen MR) is 57.6 cm³/mol. The summed E-state index contributed by atoms with van der Waals surface area (Å²) in [5.41, 5.74) is 0.393. The van der Waals surface area contributed by atoms with Crippen molar-refractivity contribution in [2.75, 3.05) is 5.32 Å². The van der Waals surface area contributed by atoms with Gasteiger partial charge in [-0.2, -0.15) is 0 Å². The molecule has 82 valence electrons. The molecule has 2 aromatic rings. The van der Waals surface area contributed by atoms with Gasteiger partial charge in [0.25, 0.3) is 5.91 Å². The zero-order valence-electron chi connectivity index (χ0n) is 8.64. The Morgan fingerprint density at radius 3 is 2.62 bits per heavy atom. The molecule has 0 aliphatic carbocycles. The number of carbonyl (C=O) groups excluding carboxylic acids is 1. The van der Waals surface area contributed by atoms with E-state index >= 15 is 0 Å².